The van der Waals surface area contributed by atoms with Crippen molar-refractivity contribution in [2.45, 2.75) is 39.1 Å². The quantitative estimate of drug-likeness (QED) is 0.371. The van der Waals surface area contributed by atoms with Crippen LogP contribution in [0.15, 0.2) is 0 Å². The van der Waals surface area contributed by atoms with Gasteiger partial charge in [-0.1, -0.05) is 0 Å². The summed E-state index contributed by atoms with van der Waals surface area (Å²) in [5, 5.41) is 0. The standard InChI is InChI=1S/C17H36O7/c1-6-22-15(9-18-4)11-20-13-17(24-8-3)14-21-12-16(10-19-5)23-7-2/h15-17H,6-14H2,1-5H3. The zero-order valence-corrected chi connectivity index (χ0v) is 16.0. The van der Waals surface area contributed by atoms with Crippen LogP contribution in [0.25, 0.3) is 0 Å². The zero-order chi connectivity index (χ0) is 18.0. The van der Waals surface area contributed by atoms with Crippen LogP contribution in [-0.2, 0) is 33.2 Å². The predicted octanol–water partition coefficient (Wildman–Crippen LogP) is 1.53. The van der Waals surface area contributed by atoms with Crippen molar-refractivity contribution >= 4 is 0 Å². The number of hydrogen-bond acceptors (Lipinski definition) is 7. The Morgan fingerprint density at radius 2 is 0.792 bits per heavy atom. The van der Waals surface area contributed by atoms with E-state index in [-0.39, 0.29) is 18.3 Å². The summed E-state index contributed by atoms with van der Waals surface area (Å²) in [6, 6.07) is 0. The lowest BCUT2D eigenvalue weighted by atomic mass is 10.3. The van der Waals surface area contributed by atoms with Crippen molar-refractivity contribution in [2.75, 3.05) is 73.7 Å². The van der Waals surface area contributed by atoms with Crippen LogP contribution in [0.4, 0.5) is 0 Å². The van der Waals surface area contributed by atoms with E-state index >= 15 is 0 Å². The summed E-state index contributed by atoms with van der Waals surface area (Å²) in [5.74, 6) is 0. The summed E-state index contributed by atoms with van der Waals surface area (Å²) in [6.45, 7) is 10.6. The Morgan fingerprint density at radius 1 is 0.500 bits per heavy atom. The summed E-state index contributed by atoms with van der Waals surface area (Å²) in [4.78, 5) is 0. The number of methoxy groups -OCH3 is 2. The van der Waals surface area contributed by atoms with Crippen molar-refractivity contribution < 1.29 is 33.2 Å². The van der Waals surface area contributed by atoms with Gasteiger partial charge >= 0.3 is 0 Å². The summed E-state index contributed by atoms with van der Waals surface area (Å²) in [7, 11) is 3.30. The van der Waals surface area contributed by atoms with Gasteiger partial charge in [-0.2, -0.15) is 0 Å². The minimum atomic E-state index is -0.121. The van der Waals surface area contributed by atoms with E-state index in [1.165, 1.54) is 0 Å². The normalized spacial score (nSPS) is 15.4. The fraction of sp³-hybridized carbons (Fsp3) is 1.00. The molecule has 0 radical (unpaired) electrons. The molecule has 0 aromatic carbocycles. The van der Waals surface area contributed by atoms with E-state index < -0.39 is 0 Å². The third-order valence-electron chi connectivity index (χ3n) is 3.13. The van der Waals surface area contributed by atoms with Gasteiger partial charge in [0.1, 0.15) is 18.3 Å². The van der Waals surface area contributed by atoms with Crippen molar-refractivity contribution in [3.63, 3.8) is 0 Å². The van der Waals surface area contributed by atoms with Crippen LogP contribution in [-0.4, -0.2) is 92.0 Å². The molecule has 0 fully saturated rings. The van der Waals surface area contributed by atoms with Crippen molar-refractivity contribution in [3.8, 4) is 0 Å². The molecule has 0 bridgehead atoms. The average Bonchev–Trinajstić information content (AvgIpc) is 2.55. The molecule has 146 valence electrons. The molecule has 2 atom stereocenters. The second-order valence-electron chi connectivity index (χ2n) is 5.22. The first-order valence-corrected chi connectivity index (χ1v) is 8.69. The monoisotopic (exact) mass is 352 g/mol. The average molecular weight is 352 g/mol. The summed E-state index contributed by atoms with van der Waals surface area (Å²) in [5.41, 5.74) is 0. The maximum Gasteiger partial charge on any atom is 0.104 e. The molecule has 0 spiro atoms. The maximum atomic E-state index is 5.70. The van der Waals surface area contributed by atoms with Crippen molar-refractivity contribution in [1.29, 1.82) is 0 Å². The molecule has 0 aliphatic carbocycles. The van der Waals surface area contributed by atoms with Crippen LogP contribution < -0.4 is 0 Å². The molecule has 0 amide bonds. The highest BCUT2D eigenvalue weighted by Gasteiger charge is 2.15. The molecule has 2 unspecified atom stereocenters. The fourth-order valence-corrected chi connectivity index (χ4v) is 2.17. The van der Waals surface area contributed by atoms with Gasteiger partial charge in [-0.15, -0.1) is 0 Å². The Balaban J connectivity index is 4.05. The van der Waals surface area contributed by atoms with E-state index in [0.717, 1.165) is 0 Å². The largest absolute Gasteiger partial charge is 0.382 e. The van der Waals surface area contributed by atoms with Crippen LogP contribution in [0.3, 0.4) is 0 Å². The van der Waals surface area contributed by atoms with Crippen LogP contribution in [0, 0.1) is 0 Å². The Kier molecular flexibility index (Phi) is 17.3. The first kappa shape index (κ1) is 23.7. The Bertz CT molecular complexity index is 219. The smallest absolute Gasteiger partial charge is 0.104 e. The van der Waals surface area contributed by atoms with E-state index in [1.54, 1.807) is 14.2 Å². The lowest BCUT2D eigenvalue weighted by molar-refractivity contribution is -0.102. The van der Waals surface area contributed by atoms with E-state index in [4.69, 9.17) is 33.2 Å². The van der Waals surface area contributed by atoms with Crippen molar-refractivity contribution in [2.24, 2.45) is 0 Å². The SMILES string of the molecule is CCOC(COC)COCC(COCC(COC)OCC)OCC. The predicted molar refractivity (Wildman–Crippen MR) is 91.6 cm³/mol. The lowest BCUT2D eigenvalue weighted by Gasteiger charge is -2.22. The molecule has 7 nitrogen and oxygen atoms in total. The Hall–Kier alpha value is -0.280. The van der Waals surface area contributed by atoms with Gasteiger partial charge in [-0.05, 0) is 20.8 Å². The molecule has 0 aliphatic rings. The van der Waals surface area contributed by atoms with E-state index in [2.05, 4.69) is 0 Å². The highest BCUT2D eigenvalue weighted by atomic mass is 16.6. The van der Waals surface area contributed by atoms with Crippen LogP contribution in [0.5, 0.6) is 0 Å². The van der Waals surface area contributed by atoms with Gasteiger partial charge in [0.2, 0.25) is 0 Å². The van der Waals surface area contributed by atoms with Gasteiger partial charge in [0.15, 0.2) is 0 Å². The molecule has 0 rings (SSSR count). The Labute approximate surface area is 146 Å². The summed E-state index contributed by atoms with van der Waals surface area (Å²) < 4.78 is 38.4. The van der Waals surface area contributed by atoms with Crippen molar-refractivity contribution in [3.05, 3.63) is 0 Å². The highest BCUT2D eigenvalue weighted by Crippen LogP contribution is 2.01. The fourth-order valence-electron chi connectivity index (χ4n) is 2.17. The van der Waals surface area contributed by atoms with Gasteiger partial charge in [-0.3, -0.25) is 0 Å². The van der Waals surface area contributed by atoms with E-state index in [1.807, 2.05) is 20.8 Å². The third kappa shape index (κ3) is 13.1. The molecule has 7 heteroatoms. The van der Waals surface area contributed by atoms with Crippen molar-refractivity contribution in [1.82, 2.24) is 0 Å². The summed E-state index contributed by atoms with van der Waals surface area (Å²) >= 11 is 0. The molecule has 0 heterocycles. The van der Waals surface area contributed by atoms with E-state index in [9.17, 15) is 0 Å². The zero-order valence-electron chi connectivity index (χ0n) is 16.0. The molecular weight excluding hydrogens is 316 g/mol. The number of hydrogen-bond donors (Lipinski definition) is 0. The molecule has 0 aromatic rings. The molecule has 24 heavy (non-hydrogen) atoms. The van der Waals surface area contributed by atoms with Crippen LogP contribution >= 0.6 is 0 Å². The highest BCUT2D eigenvalue weighted by molar-refractivity contribution is 4.61. The Morgan fingerprint density at radius 3 is 1.04 bits per heavy atom. The van der Waals surface area contributed by atoms with Crippen LogP contribution in [0.2, 0.25) is 0 Å². The summed E-state index contributed by atoms with van der Waals surface area (Å²) in [6.07, 6.45) is -0.246. The van der Waals surface area contributed by atoms with E-state index in [0.29, 0.717) is 59.5 Å². The number of ether oxygens (including phenoxy) is 7. The minimum Gasteiger partial charge on any atom is -0.382 e. The molecular formula is C17H36O7. The second-order valence-corrected chi connectivity index (χ2v) is 5.22. The molecule has 0 aromatic heterocycles. The van der Waals surface area contributed by atoms with Gasteiger partial charge in [0.05, 0.1) is 39.6 Å². The number of rotatable bonds is 18. The van der Waals surface area contributed by atoms with Gasteiger partial charge < -0.3 is 33.2 Å². The van der Waals surface area contributed by atoms with Gasteiger partial charge in [-0.25, -0.2) is 0 Å². The minimum absolute atomic E-state index is 0.0627. The van der Waals surface area contributed by atoms with Gasteiger partial charge in [0.25, 0.3) is 0 Å². The topological polar surface area (TPSA) is 64.6 Å². The van der Waals surface area contributed by atoms with Crippen LogP contribution in [0.1, 0.15) is 20.8 Å². The van der Waals surface area contributed by atoms with Gasteiger partial charge in [0, 0.05) is 34.0 Å². The molecule has 0 saturated heterocycles. The molecule has 0 aliphatic heterocycles. The lowest BCUT2D eigenvalue weighted by Crippen LogP contribution is -2.32. The first-order chi connectivity index (χ1) is 11.7. The maximum absolute atomic E-state index is 5.70. The molecule has 0 saturated carbocycles. The second kappa shape index (κ2) is 17.5. The third-order valence-corrected chi connectivity index (χ3v) is 3.13. The first-order valence-electron chi connectivity index (χ1n) is 8.69. The molecule has 0 N–H and O–H groups in total.